The summed E-state index contributed by atoms with van der Waals surface area (Å²) in [6.07, 6.45) is 0. The van der Waals surface area contributed by atoms with Crippen LogP contribution in [0.3, 0.4) is 0 Å². The number of carbonyl (C=O) groups is 2. The second kappa shape index (κ2) is 32.1. The first-order chi connectivity index (χ1) is 61.2. The van der Waals surface area contributed by atoms with Crippen LogP contribution in [0.2, 0.25) is 0 Å². The van der Waals surface area contributed by atoms with Gasteiger partial charge in [-0.15, -0.1) is 0 Å². The minimum absolute atomic E-state index is 0.0322. The molecule has 5 heterocycles. The summed E-state index contributed by atoms with van der Waals surface area (Å²) in [6.45, 7) is 3.44. The van der Waals surface area contributed by atoms with Crippen LogP contribution in [0.25, 0.3) is 133 Å². The number of fused-ring (bicyclic) bond motifs is 11. The lowest BCUT2D eigenvalue weighted by Gasteiger charge is -2.26. The SMILES string of the molecule is CCOC(=O)c1nc2cc3c(cc2nc1C(=O)OCC)c1cc2nc4nc(-c5ccc(N(c6ccccc6)c6ccccc6)cc5)c(-c5ccc(N(c6ccccc6)c6ccccc6)cc5)nc4nc2cc1c1cc2nc4nc(-c5ccc(N(c6ccccc6)c6ccccc6)cc5)c(-c5ccc(N(c6ccccc6)c6ccccc6)cc5)nc4nc2cc31. The molecule has 16 aromatic carbocycles. The molecule has 0 aliphatic carbocycles. The molecule has 0 saturated carbocycles. The van der Waals surface area contributed by atoms with Gasteiger partial charge in [-0.25, -0.2) is 59.4 Å². The van der Waals surface area contributed by atoms with E-state index in [1.54, 1.807) is 13.8 Å². The van der Waals surface area contributed by atoms with Crippen LogP contribution < -0.4 is 19.6 Å². The van der Waals surface area contributed by atoms with E-state index in [1.807, 2.05) is 182 Å². The van der Waals surface area contributed by atoms with Crippen LogP contribution in [-0.4, -0.2) is 75.0 Å². The van der Waals surface area contributed by atoms with Crippen LogP contribution in [0.5, 0.6) is 0 Å². The average molecular weight is 1610 g/mol. The zero-order chi connectivity index (χ0) is 83.1. The van der Waals surface area contributed by atoms with Gasteiger partial charge in [-0.3, -0.25) is 0 Å². The van der Waals surface area contributed by atoms with Crippen molar-refractivity contribution in [3.63, 3.8) is 0 Å². The minimum Gasteiger partial charge on any atom is -0.461 e. The van der Waals surface area contributed by atoms with Gasteiger partial charge in [-0.2, -0.15) is 0 Å². The van der Waals surface area contributed by atoms with Crippen molar-refractivity contribution in [1.29, 1.82) is 0 Å². The summed E-state index contributed by atoms with van der Waals surface area (Å²) in [6, 6.07) is 128. The van der Waals surface area contributed by atoms with Crippen molar-refractivity contribution in [2.24, 2.45) is 0 Å². The van der Waals surface area contributed by atoms with Gasteiger partial charge in [0.2, 0.25) is 0 Å². The first-order valence-electron chi connectivity index (χ1n) is 41.0. The summed E-state index contributed by atoms with van der Waals surface area (Å²) in [7, 11) is 0. The fourth-order valence-electron chi connectivity index (χ4n) is 16.5. The molecule has 21 aromatic rings. The molecular formula is C106H72N14O4. The Morgan fingerprint density at radius 1 is 0.210 bits per heavy atom. The van der Waals surface area contributed by atoms with Gasteiger partial charge in [0.1, 0.15) is 0 Å². The molecule has 0 saturated heterocycles. The molecule has 18 nitrogen and oxygen atoms in total. The Balaban J connectivity index is 0.765. The van der Waals surface area contributed by atoms with Crippen LogP contribution in [0.15, 0.2) is 376 Å². The molecule has 0 radical (unpaired) electrons. The van der Waals surface area contributed by atoms with Gasteiger partial charge in [-0.1, -0.05) is 194 Å². The highest BCUT2D eigenvalue weighted by Gasteiger charge is 2.28. The van der Waals surface area contributed by atoms with Crippen molar-refractivity contribution in [2.45, 2.75) is 13.8 Å². The fourth-order valence-corrected chi connectivity index (χ4v) is 16.5. The van der Waals surface area contributed by atoms with Crippen molar-refractivity contribution in [2.75, 3.05) is 32.8 Å². The number of aromatic nitrogens is 10. The van der Waals surface area contributed by atoms with Crippen molar-refractivity contribution in [1.82, 2.24) is 49.8 Å². The monoisotopic (exact) mass is 1600 g/mol. The Labute approximate surface area is 712 Å². The molecular weight excluding hydrogens is 1530 g/mol. The number of esters is 2. The summed E-state index contributed by atoms with van der Waals surface area (Å²) >= 11 is 0. The molecule has 0 atom stereocenters. The van der Waals surface area contributed by atoms with E-state index in [1.165, 1.54) is 0 Å². The van der Waals surface area contributed by atoms with Crippen LogP contribution in [0.1, 0.15) is 34.8 Å². The summed E-state index contributed by atoms with van der Waals surface area (Å²) in [5.74, 6) is -1.63. The van der Waals surface area contributed by atoms with Crippen LogP contribution in [-0.2, 0) is 9.47 Å². The summed E-state index contributed by atoms with van der Waals surface area (Å²) in [5, 5.41) is 4.50. The summed E-state index contributed by atoms with van der Waals surface area (Å²) < 4.78 is 11.0. The van der Waals surface area contributed by atoms with E-state index in [9.17, 15) is 9.59 Å². The van der Waals surface area contributed by atoms with Gasteiger partial charge in [0.25, 0.3) is 0 Å². The highest BCUT2D eigenvalue weighted by Crippen LogP contribution is 2.46. The molecule has 0 amide bonds. The second-order valence-corrected chi connectivity index (χ2v) is 29.8. The standard InChI is InChI=1S/C106H72N14O4/c1-3-123-105(121)99-100(106(122)124-4-2)108-90-62-84-83(61-89(90)107-99)85-63-91-93(111-103-101(109-91)113-95(67-45-53-79(54-46-67)117(71-29-13-5-14-30-71)72-31-15-6-16-32-72)97(115-103)69-49-57-81(58-50-69)119(75-37-21-9-22-38-75)76-39-23-10-24-40-76)65-87(85)88-66-94-92(64-86(84)88)110-102-104(112-94)116-98(70-51-59-82(60-52-70)120(77-41-25-11-26-42-77)78-43-27-12-28-44-78)96(114-102)68-47-55-80(56-48-68)118(73-33-17-7-18-34-73)74-35-19-8-20-36-74/h5-66H,3-4H2,1-2H3. The lowest BCUT2D eigenvalue weighted by molar-refractivity contribution is 0.0468. The quantitative estimate of drug-likeness (QED) is 0.0397. The zero-order valence-electron chi connectivity index (χ0n) is 67.1. The molecule has 5 aromatic heterocycles. The fraction of sp³-hybridized carbons (Fsp3) is 0.0377. The maximum atomic E-state index is 13.9. The topological polar surface area (TPSA) is 194 Å². The highest BCUT2D eigenvalue weighted by atomic mass is 16.5. The normalized spacial score (nSPS) is 11.4. The van der Waals surface area contributed by atoms with Gasteiger partial charge < -0.3 is 29.1 Å². The van der Waals surface area contributed by atoms with E-state index in [2.05, 4.69) is 214 Å². The van der Waals surface area contributed by atoms with Gasteiger partial charge in [-0.05, 0) is 228 Å². The van der Waals surface area contributed by atoms with Crippen molar-refractivity contribution in [3.05, 3.63) is 388 Å². The highest BCUT2D eigenvalue weighted by molar-refractivity contribution is 6.30. The number of benzene rings is 16. The number of carbonyl (C=O) groups excluding carboxylic acids is 2. The first kappa shape index (κ1) is 74.7. The molecule has 0 aliphatic rings. The van der Waals surface area contributed by atoms with E-state index < -0.39 is 11.9 Å². The van der Waals surface area contributed by atoms with Crippen LogP contribution >= 0.6 is 0 Å². The smallest absolute Gasteiger partial charge is 0.359 e. The number of anilines is 12. The van der Waals surface area contributed by atoms with Gasteiger partial charge in [0.15, 0.2) is 34.0 Å². The molecule has 21 rings (SSSR count). The van der Waals surface area contributed by atoms with Crippen molar-refractivity contribution < 1.29 is 19.1 Å². The molecule has 0 fully saturated rings. The van der Waals surface area contributed by atoms with E-state index >= 15 is 0 Å². The van der Waals surface area contributed by atoms with Crippen molar-refractivity contribution in [3.8, 4) is 45.0 Å². The summed E-state index contributed by atoms with van der Waals surface area (Å²) in [4.78, 5) is 90.3. The van der Waals surface area contributed by atoms with Crippen LogP contribution in [0.4, 0.5) is 68.2 Å². The maximum Gasteiger partial charge on any atom is 0.359 e. The third-order valence-corrected chi connectivity index (χ3v) is 22.2. The Kier molecular flexibility index (Phi) is 19.3. The zero-order valence-corrected chi connectivity index (χ0v) is 67.1. The van der Waals surface area contributed by atoms with E-state index in [0.29, 0.717) is 78.5 Å². The molecule has 124 heavy (non-hydrogen) atoms. The molecule has 18 heteroatoms. The lowest BCUT2D eigenvalue weighted by atomic mass is 9.92. The molecule has 0 N–H and O–H groups in total. The Morgan fingerprint density at radius 3 is 0.540 bits per heavy atom. The number of hydrogen-bond donors (Lipinski definition) is 0. The molecule has 0 aliphatic heterocycles. The first-order valence-corrected chi connectivity index (χ1v) is 41.0. The second-order valence-electron chi connectivity index (χ2n) is 29.8. The van der Waals surface area contributed by atoms with E-state index in [4.69, 9.17) is 59.3 Å². The predicted octanol–water partition coefficient (Wildman–Crippen LogP) is 25.8. The number of ether oxygens (including phenoxy) is 2. The Bertz CT molecular complexity index is 7020. The third kappa shape index (κ3) is 14.0. The number of hydrogen-bond acceptors (Lipinski definition) is 18. The molecule has 590 valence electrons. The van der Waals surface area contributed by atoms with Crippen molar-refractivity contribution >= 4 is 168 Å². The molecule has 0 spiro atoms. The number of nitrogens with zero attached hydrogens (tertiary/aromatic N) is 14. The van der Waals surface area contributed by atoms with Crippen LogP contribution in [0, 0.1) is 0 Å². The number of para-hydroxylation sites is 8. The Hall–Kier alpha value is -16.9. The molecule has 0 unspecified atom stereocenters. The van der Waals surface area contributed by atoms with E-state index in [0.717, 1.165) is 123 Å². The maximum absolute atomic E-state index is 13.9. The summed E-state index contributed by atoms with van der Waals surface area (Å²) in [5.41, 5.74) is 21.0. The molecule has 0 bridgehead atoms. The largest absolute Gasteiger partial charge is 0.461 e. The number of rotatable bonds is 20. The van der Waals surface area contributed by atoms with E-state index in [-0.39, 0.29) is 24.6 Å². The Morgan fingerprint density at radius 2 is 0.371 bits per heavy atom. The van der Waals surface area contributed by atoms with Gasteiger partial charge >= 0.3 is 11.9 Å². The third-order valence-electron chi connectivity index (χ3n) is 22.2. The lowest BCUT2D eigenvalue weighted by Crippen LogP contribution is -2.18. The minimum atomic E-state index is -0.815. The van der Waals surface area contributed by atoms with Gasteiger partial charge in [0, 0.05) is 90.5 Å². The predicted molar refractivity (Wildman–Crippen MR) is 497 cm³/mol. The van der Waals surface area contributed by atoms with Gasteiger partial charge in [0.05, 0.1) is 69.1 Å². The average Bonchev–Trinajstić information content (AvgIpc) is 0.711.